The van der Waals surface area contributed by atoms with Crippen LogP contribution in [0.4, 0.5) is 0 Å². The third-order valence-corrected chi connectivity index (χ3v) is 5.63. The quantitative estimate of drug-likeness (QED) is 0.257. The molecule has 1 amide bonds. The summed E-state index contributed by atoms with van der Waals surface area (Å²) in [7, 11) is 0. The van der Waals surface area contributed by atoms with Gasteiger partial charge in [0.15, 0.2) is 5.58 Å². The molecule has 0 aliphatic carbocycles. The number of hydrazone groups is 1. The highest BCUT2D eigenvalue weighted by atomic mass is 35.5. The number of thioether (sulfide) groups is 1. The van der Waals surface area contributed by atoms with Gasteiger partial charge in [-0.1, -0.05) is 35.5 Å². The number of halogens is 1. The number of rotatable bonds is 6. The first-order valence-corrected chi connectivity index (χ1v) is 10.6. The molecule has 0 bridgehead atoms. The maximum atomic E-state index is 12.1. The summed E-state index contributed by atoms with van der Waals surface area (Å²) in [5.41, 5.74) is 8.06. The average Bonchev–Trinajstić information content (AvgIpc) is 3.27. The van der Waals surface area contributed by atoms with Crippen molar-refractivity contribution >= 4 is 46.6 Å². The largest absolute Gasteiger partial charge is 0.431 e. The monoisotopic (exact) mass is 438 g/mol. The molecule has 4 rings (SSSR count). The zero-order chi connectivity index (χ0) is 21.1. The van der Waals surface area contributed by atoms with Crippen LogP contribution in [0.1, 0.15) is 17.0 Å². The van der Waals surface area contributed by atoms with Gasteiger partial charge in [-0.2, -0.15) is 5.10 Å². The fourth-order valence-corrected chi connectivity index (χ4v) is 3.91. The summed E-state index contributed by atoms with van der Waals surface area (Å²) < 4.78 is 7.71. The van der Waals surface area contributed by atoms with E-state index in [1.807, 2.05) is 68.4 Å². The number of benzene rings is 2. The number of nitrogens with zero attached hydrogens (tertiary/aromatic N) is 3. The second kappa shape index (κ2) is 8.77. The van der Waals surface area contributed by atoms with Crippen molar-refractivity contribution < 1.29 is 9.21 Å². The minimum Gasteiger partial charge on any atom is -0.431 e. The zero-order valence-electron chi connectivity index (χ0n) is 16.4. The van der Waals surface area contributed by atoms with Gasteiger partial charge >= 0.3 is 0 Å². The summed E-state index contributed by atoms with van der Waals surface area (Å²) in [4.78, 5) is 16.4. The van der Waals surface area contributed by atoms with Gasteiger partial charge in [-0.25, -0.2) is 10.4 Å². The van der Waals surface area contributed by atoms with Crippen molar-refractivity contribution in [3.05, 3.63) is 76.6 Å². The number of nitrogens with one attached hydrogen (secondary N) is 1. The molecule has 2 aromatic heterocycles. The molecule has 0 aliphatic heterocycles. The Kier molecular flexibility index (Phi) is 5.92. The number of fused-ring (bicyclic) bond motifs is 1. The number of oxazole rings is 1. The van der Waals surface area contributed by atoms with Gasteiger partial charge in [-0.05, 0) is 56.3 Å². The predicted molar refractivity (Wildman–Crippen MR) is 121 cm³/mol. The van der Waals surface area contributed by atoms with Crippen molar-refractivity contribution in [2.45, 2.75) is 19.1 Å². The van der Waals surface area contributed by atoms with E-state index < -0.39 is 0 Å². The SMILES string of the molecule is Cc1cc(/C=N\NC(=O)CSc2nc3ccccc3o2)c(C)n1-c1ccc(Cl)cc1. The Hall–Kier alpha value is -3.03. The first kappa shape index (κ1) is 20.3. The lowest BCUT2D eigenvalue weighted by Gasteiger charge is -2.09. The summed E-state index contributed by atoms with van der Waals surface area (Å²) in [5.74, 6) is -0.0708. The van der Waals surface area contributed by atoms with Crippen molar-refractivity contribution in [3.8, 4) is 5.69 Å². The third-order valence-electron chi connectivity index (χ3n) is 4.55. The Morgan fingerprint density at radius 3 is 2.77 bits per heavy atom. The molecule has 8 heteroatoms. The number of carbonyl (C=O) groups excluding carboxylic acids is 1. The Balaban J connectivity index is 1.37. The van der Waals surface area contributed by atoms with Crippen LogP contribution in [-0.4, -0.2) is 27.4 Å². The number of aromatic nitrogens is 2. The molecular weight excluding hydrogens is 420 g/mol. The molecule has 0 fully saturated rings. The molecule has 0 aliphatic rings. The Morgan fingerprint density at radius 1 is 1.23 bits per heavy atom. The van der Waals surface area contributed by atoms with Crippen LogP contribution in [0.2, 0.25) is 5.02 Å². The van der Waals surface area contributed by atoms with Crippen LogP contribution >= 0.6 is 23.4 Å². The van der Waals surface area contributed by atoms with Crippen molar-refractivity contribution in [2.75, 3.05) is 5.75 Å². The van der Waals surface area contributed by atoms with Gasteiger partial charge in [0.05, 0.1) is 12.0 Å². The molecule has 0 saturated heterocycles. The number of aryl methyl sites for hydroxylation is 1. The zero-order valence-corrected chi connectivity index (χ0v) is 18.0. The number of para-hydroxylation sites is 2. The van der Waals surface area contributed by atoms with Crippen LogP contribution in [0.3, 0.4) is 0 Å². The van der Waals surface area contributed by atoms with E-state index in [0.717, 1.165) is 28.2 Å². The van der Waals surface area contributed by atoms with E-state index in [4.69, 9.17) is 16.0 Å². The van der Waals surface area contributed by atoms with Gasteiger partial charge in [-0.15, -0.1) is 0 Å². The van der Waals surface area contributed by atoms with Crippen molar-refractivity contribution in [1.29, 1.82) is 0 Å². The first-order valence-electron chi connectivity index (χ1n) is 9.26. The van der Waals surface area contributed by atoms with Crippen LogP contribution in [0.25, 0.3) is 16.8 Å². The van der Waals surface area contributed by atoms with Crippen LogP contribution in [-0.2, 0) is 4.79 Å². The molecule has 0 saturated carbocycles. The van der Waals surface area contributed by atoms with E-state index in [-0.39, 0.29) is 11.7 Å². The maximum absolute atomic E-state index is 12.1. The molecule has 6 nitrogen and oxygen atoms in total. The molecular formula is C22H19ClN4O2S. The fraction of sp³-hybridized carbons (Fsp3) is 0.136. The van der Waals surface area contributed by atoms with Gasteiger partial charge in [-0.3, -0.25) is 4.79 Å². The van der Waals surface area contributed by atoms with Gasteiger partial charge in [0.2, 0.25) is 0 Å². The van der Waals surface area contributed by atoms with Gasteiger partial charge in [0.1, 0.15) is 5.52 Å². The molecule has 4 aromatic rings. The van der Waals surface area contributed by atoms with Gasteiger partial charge in [0.25, 0.3) is 11.1 Å². The minimum atomic E-state index is -0.231. The lowest BCUT2D eigenvalue weighted by molar-refractivity contribution is -0.118. The molecule has 0 atom stereocenters. The van der Waals surface area contributed by atoms with E-state index in [9.17, 15) is 4.79 Å². The third kappa shape index (κ3) is 4.42. The Labute approximate surface area is 182 Å². The van der Waals surface area contributed by atoms with Crippen LogP contribution < -0.4 is 5.43 Å². The summed E-state index contributed by atoms with van der Waals surface area (Å²) >= 11 is 7.22. The van der Waals surface area contributed by atoms with E-state index in [1.165, 1.54) is 11.8 Å². The van der Waals surface area contributed by atoms with E-state index in [2.05, 4.69) is 20.1 Å². The molecule has 2 heterocycles. The van der Waals surface area contributed by atoms with E-state index in [1.54, 1.807) is 6.21 Å². The topological polar surface area (TPSA) is 72.4 Å². The minimum absolute atomic E-state index is 0.161. The van der Waals surface area contributed by atoms with Crippen LogP contribution in [0, 0.1) is 13.8 Å². The second-order valence-corrected chi connectivity index (χ2v) is 8.03. The number of carbonyl (C=O) groups is 1. The summed E-state index contributed by atoms with van der Waals surface area (Å²) in [5, 5.41) is 5.25. The van der Waals surface area contributed by atoms with Crippen molar-refractivity contribution in [2.24, 2.45) is 5.10 Å². The molecule has 152 valence electrons. The number of hydrogen-bond acceptors (Lipinski definition) is 5. The van der Waals surface area contributed by atoms with Crippen molar-refractivity contribution in [1.82, 2.24) is 15.0 Å². The molecule has 1 N–H and O–H groups in total. The standard InChI is InChI=1S/C22H19ClN4O2S/c1-14-11-16(15(2)27(14)18-9-7-17(23)8-10-18)12-24-26-21(28)13-30-22-25-19-5-3-4-6-20(19)29-22/h3-12H,13H2,1-2H3,(H,26,28)/b24-12-. The van der Waals surface area contributed by atoms with Crippen molar-refractivity contribution in [3.63, 3.8) is 0 Å². The molecule has 0 spiro atoms. The van der Waals surface area contributed by atoms with Gasteiger partial charge in [0, 0.05) is 27.7 Å². The van der Waals surface area contributed by atoms with Crippen LogP contribution in [0.5, 0.6) is 0 Å². The fourth-order valence-electron chi connectivity index (χ4n) is 3.15. The van der Waals surface area contributed by atoms with E-state index >= 15 is 0 Å². The first-order chi connectivity index (χ1) is 14.5. The number of hydrogen-bond donors (Lipinski definition) is 1. The molecule has 0 radical (unpaired) electrons. The highest BCUT2D eigenvalue weighted by Crippen LogP contribution is 2.23. The summed E-state index contributed by atoms with van der Waals surface area (Å²) in [6, 6.07) is 17.2. The predicted octanol–water partition coefficient (Wildman–Crippen LogP) is 5.13. The van der Waals surface area contributed by atoms with Crippen LogP contribution in [0.15, 0.2) is 69.3 Å². The number of amides is 1. The molecule has 0 unspecified atom stereocenters. The lowest BCUT2D eigenvalue weighted by Crippen LogP contribution is -2.19. The highest BCUT2D eigenvalue weighted by molar-refractivity contribution is 7.99. The average molecular weight is 439 g/mol. The second-order valence-electron chi connectivity index (χ2n) is 6.67. The Bertz CT molecular complexity index is 1190. The molecule has 30 heavy (non-hydrogen) atoms. The lowest BCUT2D eigenvalue weighted by atomic mass is 10.2. The van der Waals surface area contributed by atoms with E-state index in [0.29, 0.717) is 15.8 Å². The normalized spacial score (nSPS) is 11.4. The summed E-state index contributed by atoms with van der Waals surface area (Å²) in [6.45, 7) is 4.03. The maximum Gasteiger partial charge on any atom is 0.257 e. The molecule has 2 aromatic carbocycles. The van der Waals surface area contributed by atoms with Gasteiger partial charge < -0.3 is 8.98 Å². The Morgan fingerprint density at radius 2 is 2.00 bits per heavy atom. The smallest absolute Gasteiger partial charge is 0.257 e. The summed E-state index contributed by atoms with van der Waals surface area (Å²) in [6.07, 6.45) is 1.65. The highest BCUT2D eigenvalue weighted by Gasteiger charge is 2.11.